The number of methoxy groups -OCH3 is 1. The molecule has 2 N–H and O–H groups in total. The fourth-order valence-corrected chi connectivity index (χ4v) is 5.90. The van der Waals surface area contributed by atoms with E-state index in [0.717, 1.165) is 4.88 Å². The molecule has 0 radical (unpaired) electrons. The first-order chi connectivity index (χ1) is 19.0. The number of amides is 3. The molecule has 39 heavy (non-hydrogen) atoms. The van der Waals surface area contributed by atoms with E-state index in [2.05, 4.69) is 15.6 Å². The van der Waals surface area contributed by atoms with E-state index in [9.17, 15) is 14.4 Å². The largest absolute Gasteiger partial charge is 0.497 e. The van der Waals surface area contributed by atoms with Gasteiger partial charge in [0.05, 0.1) is 31.0 Å². The van der Waals surface area contributed by atoms with Crippen LogP contribution in [0.4, 0.5) is 11.4 Å². The molecule has 0 fully saturated rings. The van der Waals surface area contributed by atoms with Gasteiger partial charge >= 0.3 is 0 Å². The normalized spacial score (nSPS) is 16.5. The van der Waals surface area contributed by atoms with E-state index in [1.165, 1.54) is 16.7 Å². The number of carbonyl (C=O) groups is 3. The summed E-state index contributed by atoms with van der Waals surface area (Å²) in [4.78, 5) is 51.3. The maximum atomic E-state index is 13.6. The van der Waals surface area contributed by atoms with E-state index in [1.54, 1.807) is 42.7 Å². The molecule has 2 aliphatic heterocycles. The molecule has 11 heteroatoms. The van der Waals surface area contributed by atoms with Crippen LogP contribution in [0.5, 0.6) is 5.75 Å². The molecule has 3 aromatic rings. The summed E-state index contributed by atoms with van der Waals surface area (Å²) in [7, 11) is 1.57. The number of anilines is 1. The summed E-state index contributed by atoms with van der Waals surface area (Å²) in [6, 6.07) is 17.5. The van der Waals surface area contributed by atoms with Gasteiger partial charge in [-0.05, 0) is 42.1 Å². The first-order valence-corrected chi connectivity index (χ1v) is 14.2. The molecule has 0 saturated heterocycles. The van der Waals surface area contributed by atoms with Crippen molar-refractivity contribution in [3.05, 3.63) is 76.5 Å². The van der Waals surface area contributed by atoms with Gasteiger partial charge in [0.15, 0.2) is 5.17 Å². The number of nitrogens with zero attached hydrogens (tertiary/aromatic N) is 3. The number of aliphatic imine (C=N–C) groups is 2. The number of ether oxygens (including phenoxy) is 1. The molecule has 0 bridgehead atoms. The molecule has 0 spiro atoms. The van der Waals surface area contributed by atoms with Crippen molar-refractivity contribution >= 4 is 63.2 Å². The highest BCUT2D eigenvalue weighted by Crippen LogP contribution is 2.36. The Bertz CT molecular complexity index is 1450. The fourth-order valence-electron chi connectivity index (χ4n) is 4.23. The van der Waals surface area contributed by atoms with Crippen molar-refractivity contribution in [3.63, 3.8) is 0 Å². The number of amidine groups is 2. The Morgan fingerprint density at radius 2 is 2.00 bits per heavy atom. The molecule has 2 aliphatic rings. The van der Waals surface area contributed by atoms with E-state index in [0.29, 0.717) is 46.7 Å². The zero-order valence-electron chi connectivity index (χ0n) is 21.4. The fraction of sp³-hybridized carbons (Fsp3) is 0.250. The molecule has 2 aromatic carbocycles. The monoisotopic (exact) mass is 561 g/mol. The molecule has 0 aliphatic carbocycles. The van der Waals surface area contributed by atoms with Gasteiger partial charge in [0.25, 0.3) is 5.91 Å². The number of hydrogen-bond acceptors (Lipinski definition) is 8. The second kappa shape index (κ2) is 11.8. The van der Waals surface area contributed by atoms with Crippen molar-refractivity contribution in [2.45, 2.75) is 37.6 Å². The van der Waals surface area contributed by atoms with Crippen LogP contribution in [-0.2, 0) is 20.9 Å². The number of benzene rings is 2. The summed E-state index contributed by atoms with van der Waals surface area (Å²) in [5, 5.41) is 7.58. The number of thiophene rings is 1. The highest BCUT2D eigenvalue weighted by atomic mass is 32.2. The van der Waals surface area contributed by atoms with Gasteiger partial charge < -0.3 is 15.4 Å². The molecule has 0 saturated carbocycles. The summed E-state index contributed by atoms with van der Waals surface area (Å²) < 4.78 is 5.25. The van der Waals surface area contributed by atoms with Crippen LogP contribution in [0.25, 0.3) is 0 Å². The molecule has 3 heterocycles. The van der Waals surface area contributed by atoms with Gasteiger partial charge in [-0.3, -0.25) is 19.4 Å². The number of fused-ring (bicyclic) bond motifs is 3. The highest BCUT2D eigenvalue weighted by molar-refractivity contribution is 8.15. The Hall–Kier alpha value is -3.96. The maximum Gasteiger partial charge on any atom is 0.259 e. The number of para-hydroxylation sites is 1. The third-order valence-corrected chi connectivity index (χ3v) is 8.41. The zero-order valence-corrected chi connectivity index (χ0v) is 23.1. The standard InChI is InChI=1S/C28H27N5O4S2/c1-3-23(26(35)30-17-8-6-9-18(14-17)37-2)39-28-32-21-12-5-4-11-20(21)25-31-22(27(36)33(25)28)15-24(34)29-16-19-10-7-13-38-19/h4-14,22-23H,3,15-16H2,1-2H3,(H,29,34)(H,30,35)/t22-,23-/m0/s1. The van der Waals surface area contributed by atoms with E-state index in [1.807, 2.05) is 48.7 Å². The van der Waals surface area contributed by atoms with Crippen LogP contribution in [0.2, 0.25) is 0 Å². The summed E-state index contributed by atoms with van der Waals surface area (Å²) in [6.45, 7) is 2.31. The number of hydrogen-bond donors (Lipinski definition) is 2. The second-order valence-electron chi connectivity index (χ2n) is 8.85. The van der Waals surface area contributed by atoms with Gasteiger partial charge in [0, 0.05) is 22.2 Å². The lowest BCUT2D eigenvalue weighted by Crippen LogP contribution is -2.43. The third-order valence-electron chi connectivity index (χ3n) is 6.21. The lowest BCUT2D eigenvalue weighted by Gasteiger charge is -2.27. The van der Waals surface area contributed by atoms with E-state index >= 15 is 0 Å². The molecular weight excluding hydrogens is 534 g/mol. The van der Waals surface area contributed by atoms with Gasteiger partial charge in [-0.2, -0.15) is 0 Å². The minimum Gasteiger partial charge on any atom is -0.497 e. The van der Waals surface area contributed by atoms with Gasteiger partial charge in [-0.15, -0.1) is 11.3 Å². The molecule has 1 aromatic heterocycles. The number of carbonyl (C=O) groups excluding carboxylic acids is 3. The molecule has 0 unspecified atom stereocenters. The van der Waals surface area contributed by atoms with Gasteiger partial charge in [0.1, 0.15) is 17.6 Å². The van der Waals surface area contributed by atoms with Crippen LogP contribution in [-0.4, -0.2) is 52.0 Å². The van der Waals surface area contributed by atoms with Crippen LogP contribution in [0.1, 0.15) is 30.2 Å². The van der Waals surface area contributed by atoms with E-state index < -0.39 is 11.3 Å². The van der Waals surface area contributed by atoms with Crippen LogP contribution in [0, 0.1) is 0 Å². The smallest absolute Gasteiger partial charge is 0.259 e. The quantitative estimate of drug-likeness (QED) is 0.397. The number of rotatable bonds is 9. The summed E-state index contributed by atoms with van der Waals surface area (Å²) in [6.07, 6.45) is 0.433. The van der Waals surface area contributed by atoms with Gasteiger partial charge in [-0.25, -0.2) is 9.89 Å². The van der Waals surface area contributed by atoms with Gasteiger partial charge in [-0.1, -0.05) is 43.0 Å². The molecular formula is C28H27N5O4S2. The minimum absolute atomic E-state index is 0.0716. The lowest BCUT2D eigenvalue weighted by atomic mass is 10.1. The average molecular weight is 562 g/mol. The van der Waals surface area contributed by atoms with Crippen molar-refractivity contribution < 1.29 is 19.1 Å². The van der Waals surface area contributed by atoms with Crippen molar-refractivity contribution in [2.24, 2.45) is 9.98 Å². The second-order valence-corrected chi connectivity index (χ2v) is 11.1. The van der Waals surface area contributed by atoms with Crippen molar-refractivity contribution in [1.82, 2.24) is 10.2 Å². The Kier molecular flexibility index (Phi) is 8.08. The van der Waals surface area contributed by atoms with Crippen molar-refractivity contribution in [3.8, 4) is 5.75 Å². The van der Waals surface area contributed by atoms with Crippen LogP contribution >= 0.6 is 23.1 Å². The van der Waals surface area contributed by atoms with Gasteiger partial charge in [0.2, 0.25) is 11.8 Å². The topological polar surface area (TPSA) is 112 Å². The SMILES string of the molecule is CC[C@H](SC1=Nc2ccccc2C2=N[C@@H](CC(=O)NCc3cccs3)C(=O)N12)C(=O)Nc1cccc(OC)c1. The van der Waals surface area contributed by atoms with Crippen LogP contribution in [0.15, 0.2) is 76.0 Å². The highest BCUT2D eigenvalue weighted by Gasteiger charge is 2.43. The predicted octanol–water partition coefficient (Wildman–Crippen LogP) is 4.57. The average Bonchev–Trinajstić information content (AvgIpc) is 3.59. The van der Waals surface area contributed by atoms with Crippen molar-refractivity contribution in [1.29, 1.82) is 0 Å². The zero-order chi connectivity index (χ0) is 27.4. The minimum atomic E-state index is -0.869. The summed E-state index contributed by atoms with van der Waals surface area (Å²) in [5.41, 5.74) is 1.99. The first-order valence-electron chi connectivity index (χ1n) is 12.5. The van der Waals surface area contributed by atoms with E-state index in [4.69, 9.17) is 9.73 Å². The summed E-state index contributed by atoms with van der Waals surface area (Å²) >= 11 is 2.76. The van der Waals surface area contributed by atoms with Crippen LogP contribution < -0.4 is 15.4 Å². The Balaban J connectivity index is 1.34. The Morgan fingerprint density at radius 1 is 1.15 bits per heavy atom. The van der Waals surface area contributed by atoms with Crippen molar-refractivity contribution in [2.75, 3.05) is 12.4 Å². The molecule has 3 amide bonds. The molecule has 200 valence electrons. The molecule has 2 atom stereocenters. The Morgan fingerprint density at radius 3 is 2.77 bits per heavy atom. The number of nitrogens with one attached hydrogen (secondary N) is 2. The number of thioether (sulfide) groups is 1. The molecule has 5 rings (SSSR count). The predicted molar refractivity (Wildman–Crippen MR) is 155 cm³/mol. The first kappa shape index (κ1) is 26.6. The maximum absolute atomic E-state index is 13.6. The Labute approximate surface area is 234 Å². The van der Waals surface area contributed by atoms with Crippen LogP contribution in [0.3, 0.4) is 0 Å². The molecule has 9 nitrogen and oxygen atoms in total. The third kappa shape index (κ3) is 5.89. The lowest BCUT2D eigenvalue weighted by molar-refractivity contribution is -0.128. The summed E-state index contributed by atoms with van der Waals surface area (Å²) in [5.74, 6) is 0.282. The van der Waals surface area contributed by atoms with E-state index in [-0.39, 0.29) is 24.1 Å².